The largest absolute Gasteiger partial charge is 0.493 e. The third-order valence-corrected chi connectivity index (χ3v) is 2.73. The fourth-order valence-electron chi connectivity index (χ4n) is 1.83. The molecule has 0 spiro atoms. The number of amides is 1. The first-order chi connectivity index (χ1) is 9.65. The lowest BCUT2D eigenvalue weighted by molar-refractivity contribution is 0.102. The van der Waals surface area contributed by atoms with Crippen LogP contribution in [0.25, 0.3) is 0 Å². The van der Waals surface area contributed by atoms with Crippen molar-refractivity contribution >= 4 is 11.6 Å². The third kappa shape index (κ3) is 2.88. The first-order valence-corrected chi connectivity index (χ1v) is 5.93. The van der Waals surface area contributed by atoms with Gasteiger partial charge in [0.15, 0.2) is 11.5 Å². The normalized spacial score (nSPS) is 9.95. The van der Waals surface area contributed by atoms with E-state index in [4.69, 9.17) is 9.47 Å². The number of hydrogen-bond donors (Lipinski definition) is 1. The summed E-state index contributed by atoms with van der Waals surface area (Å²) >= 11 is 0. The van der Waals surface area contributed by atoms with Crippen LogP contribution in [-0.2, 0) is 0 Å². The average molecular weight is 275 g/mol. The fraction of sp³-hybridized carbons (Fsp3) is 0.133. The summed E-state index contributed by atoms with van der Waals surface area (Å²) in [6, 6.07) is 10.7. The number of rotatable bonds is 4. The van der Waals surface area contributed by atoms with Crippen LogP contribution < -0.4 is 14.8 Å². The molecular weight excluding hydrogens is 261 g/mol. The van der Waals surface area contributed by atoms with E-state index in [0.717, 1.165) is 0 Å². The summed E-state index contributed by atoms with van der Waals surface area (Å²) in [5.41, 5.74) is 0.691. The highest BCUT2D eigenvalue weighted by molar-refractivity contribution is 6.06. The van der Waals surface area contributed by atoms with Crippen molar-refractivity contribution in [2.75, 3.05) is 19.5 Å². The fourth-order valence-corrected chi connectivity index (χ4v) is 1.83. The van der Waals surface area contributed by atoms with Crippen molar-refractivity contribution in [2.45, 2.75) is 0 Å². The van der Waals surface area contributed by atoms with Gasteiger partial charge in [0.05, 0.1) is 19.8 Å². The third-order valence-electron chi connectivity index (χ3n) is 2.73. The number of carbonyl (C=O) groups is 1. The van der Waals surface area contributed by atoms with Crippen molar-refractivity contribution in [1.29, 1.82) is 0 Å². The Balaban J connectivity index is 2.30. The van der Waals surface area contributed by atoms with Crippen molar-refractivity contribution in [3.63, 3.8) is 0 Å². The molecule has 0 aliphatic rings. The summed E-state index contributed by atoms with van der Waals surface area (Å²) in [4.78, 5) is 12.2. The van der Waals surface area contributed by atoms with Crippen molar-refractivity contribution in [1.82, 2.24) is 0 Å². The second-order valence-electron chi connectivity index (χ2n) is 4.01. The molecule has 0 saturated carbocycles. The Bertz CT molecular complexity index is 628. The van der Waals surface area contributed by atoms with E-state index in [0.29, 0.717) is 22.7 Å². The number of halogens is 1. The zero-order valence-electron chi connectivity index (χ0n) is 11.1. The number of benzene rings is 2. The average Bonchev–Trinajstić information content (AvgIpc) is 2.46. The Morgan fingerprint density at radius 3 is 2.50 bits per heavy atom. The lowest BCUT2D eigenvalue weighted by Gasteiger charge is -2.12. The number of methoxy groups -OCH3 is 2. The van der Waals surface area contributed by atoms with E-state index in [1.165, 1.54) is 32.4 Å². The quantitative estimate of drug-likeness (QED) is 0.932. The van der Waals surface area contributed by atoms with Gasteiger partial charge in [-0.1, -0.05) is 12.1 Å². The molecule has 0 fully saturated rings. The minimum Gasteiger partial charge on any atom is -0.493 e. The van der Waals surface area contributed by atoms with Gasteiger partial charge in [0.25, 0.3) is 5.91 Å². The van der Waals surface area contributed by atoms with Crippen LogP contribution in [0, 0.1) is 5.82 Å². The SMILES string of the molecule is COc1cccc(C(=O)Nc2cccc(F)c2)c1OC. The molecule has 0 radical (unpaired) electrons. The molecule has 0 unspecified atom stereocenters. The molecule has 20 heavy (non-hydrogen) atoms. The predicted octanol–water partition coefficient (Wildman–Crippen LogP) is 3.10. The standard InChI is InChI=1S/C15H14FNO3/c1-19-13-8-4-7-12(14(13)20-2)15(18)17-11-6-3-5-10(16)9-11/h3-9H,1-2H3,(H,17,18). The predicted molar refractivity (Wildman–Crippen MR) is 73.9 cm³/mol. The van der Waals surface area contributed by atoms with E-state index >= 15 is 0 Å². The van der Waals surface area contributed by atoms with Crippen LogP contribution in [0.3, 0.4) is 0 Å². The Kier molecular flexibility index (Phi) is 4.20. The molecule has 0 aliphatic heterocycles. The van der Waals surface area contributed by atoms with Crippen molar-refractivity contribution < 1.29 is 18.7 Å². The maximum atomic E-state index is 13.1. The van der Waals surface area contributed by atoms with E-state index in [2.05, 4.69) is 5.32 Å². The van der Waals surface area contributed by atoms with Crippen LogP contribution in [0.2, 0.25) is 0 Å². The maximum absolute atomic E-state index is 13.1. The van der Waals surface area contributed by atoms with Gasteiger partial charge in [0.1, 0.15) is 5.82 Å². The zero-order chi connectivity index (χ0) is 14.5. The number of ether oxygens (including phenoxy) is 2. The first kappa shape index (κ1) is 13.9. The summed E-state index contributed by atoms with van der Waals surface area (Å²) < 4.78 is 23.4. The summed E-state index contributed by atoms with van der Waals surface area (Å²) in [5, 5.41) is 2.61. The number of nitrogens with one attached hydrogen (secondary N) is 1. The Morgan fingerprint density at radius 2 is 1.85 bits per heavy atom. The van der Waals surface area contributed by atoms with Crippen LogP contribution in [-0.4, -0.2) is 20.1 Å². The molecule has 0 heterocycles. The maximum Gasteiger partial charge on any atom is 0.259 e. The van der Waals surface area contributed by atoms with Crippen LogP contribution in [0.15, 0.2) is 42.5 Å². The minimum atomic E-state index is -0.416. The van der Waals surface area contributed by atoms with Gasteiger partial charge in [-0.15, -0.1) is 0 Å². The number of para-hydroxylation sites is 1. The van der Waals surface area contributed by atoms with Crippen molar-refractivity contribution in [3.05, 3.63) is 53.8 Å². The van der Waals surface area contributed by atoms with Crippen LogP contribution in [0.1, 0.15) is 10.4 Å². The summed E-state index contributed by atoms with van der Waals surface area (Å²) in [6.07, 6.45) is 0. The van der Waals surface area contributed by atoms with Crippen LogP contribution in [0.4, 0.5) is 10.1 Å². The van der Waals surface area contributed by atoms with Crippen molar-refractivity contribution in [2.24, 2.45) is 0 Å². The molecule has 2 rings (SSSR count). The minimum absolute atomic E-state index is 0.316. The van der Waals surface area contributed by atoms with Crippen molar-refractivity contribution in [3.8, 4) is 11.5 Å². The zero-order valence-corrected chi connectivity index (χ0v) is 11.1. The molecule has 2 aromatic carbocycles. The number of carbonyl (C=O) groups excluding carboxylic acids is 1. The van der Waals surface area contributed by atoms with Gasteiger partial charge >= 0.3 is 0 Å². The van der Waals surface area contributed by atoms with E-state index < -0.39 is 11.7 Å². The van der Waals surface area contributed by atoms with E-state index in [-0.39, 0.29) is 0 Å². The van der Waals surface area contributed by atoms with E-state index in [9.17, 15) is 9.18 Å². The molecular formula is C15H14FNO3. The lowest BCUT2D eigenvalue weighted by atomic mass is 10.1. The monoisotopic (exact) mass is 275 g/mol. The molecule has 0 aromatic heterocycles. The topological polar surface area (TPSA) is 47.6 Å². The van der Waals surface area contributed by atoms with Gasteiger partial charge in [0, 0.05) is 5.69 Å². The molecule has 0 atom stereocenters. The first-order valence-electron chi connectivity index (χ1n) is 5.93. The molecule has 2 aromatic rings. The van der Waals surface area contributed by atoms with Gasteiger partial charge in [-0.05, 0) is 30.3 Å². The highest BCUT2D eigenvalue weighted by Gasteiger charge is 2.16. The highest BCUT2D eigenvalue weighted by Crippen LogP contribution is 2.31. The van der Waals surface area contributed by atoms with E-state index in [1.807, 2.05) is 0 Å². The molecule has 1 N–H and O–H groups in total. The van der Waals surface area contributed by atoms with Gasteiger partial charge in [0.2, 0.25) is 0 Å². The second kappa shape index (κ2) is 6.06. The van der Waals surface area contributed by atoms with Crippen LogP contribution in [0.5, 0.6) is 11.5 Å². The van der Waals surface area contributed by atoms with Gasteiger partial charge in [-0.2, -0.15) is 0 Å². The number of anilines is 1. The Labute approximate surface area is 116 Å². The smallest absolute Gasteiger partial charge is 0.259 e. The Hall–Kier alpha value is -2.56. The summed E-state index contributed by atoms with van der Waals surface area (Å²) in [6.45, 7) is 0. The van der Waals surface area contributed by atoms with Gasteiger partial charge in [-0.3, -0.25) is 4.79 Å². The number of hydrogen-bond acceptors (Lipinski definition) is 3. The van der Waals surface area contributed by atoms with E-state index in [1.54, 1.807) is 24.3 Å². The second-order valence-corrected chi connectivity index (χ2v) is 4.01. The molecule has 5 heteroatoms. The molecule has 4 nitrogen and oxygen atoms in total. The van der Waals surface area contributed by atoms with Gasteiger partial charge in [-0.25, -0.2) is 4.39 Å². The molecule has 0 saturated heterocycles. The van der Waals surface area contributed by atoms with Crippen LogP contribution >= 0.6 is 0 Å². The Morgan fingerprint density at radius 1 is 1.10 bits per heavy atom. The summed E-state index contributed by atoms with van der Waals surface area (Å²) in [7, 11) is 2.95. The molecule has 1 amide bonds. The highest BCUT2D eigenvalue weighted by atomic mass is 19.1. The van der Waals surface area contributed by atoms with Gasteiger partial charge < -0.3 is 14.8 Å². The molecule has 0 bridgehead atoms. The summed E-state index contributed by atoms with van der Waals surface area (Å²) in [5.74, 6) is -0.0185. The molecule has 104 valence electrons. The molecule has 0 aliphatic carbocycles. The lowest BCUT2D eigenvalue weighted by Crippen LogP contribution is -2.13.